The van der Waals surface area contributed by atoms with Crippen molar-refractivity contribution in [3.05, 3.63) is 94.8 Å². The molecular formula is C46H60CaF2N6O13S2. The van der Waals surface area contributed by atoms with E-state index in [4.69, 9.17) is 0 Å². The van der Waals surface area contributed by atoms with Crippen molar-refractivity contribution in [3.8, 4) is 22.5 Å². The summed E-state index contributed by atoms with van der Waals surface area (Å²) in [5.74, 6) is -4.28. The second-order valence-corrected chi connectivity index (χ2v) is 20.3. The van der Waals surface area contributed by atoms with Crippen LogP contribution in [0.2, 0.25) is 0 Å². The Morgan fingerprint density at radius 3 is 1.16 bits per heavy atom. The number of aliphatic hydroxyl groups is 4. The van der Waals surface area contributed by atoms with Crippen LogP contribution in [0.3, 0.4) is 0 Å². The number of nitrogens with zero attached hydrogens (tertiary/aromatic N) is 6. The van der Waals surface area contributed by atoms with Crippen LogP contribution in [0, 0.1) is 11.6 Å². The Balaban J connectivity index is 0.000000654. The van der Waals surface area contributed by atoms with Crippen molar-refractivity contribution >= 4 is 93.8 Å². The summed E-state index contributed by atoms with van der Waals surface area (Å²) in [5.41, 5.74) is 3.52. The number of hydrogen-bond donors (Lipinski definition) is 4. The molecule has 0 spiro atoms. The van der Waals surface area contributed by atoms with Gasteiger partial charge in [0.15, 0.2) is 0 Å². The second-order valence-electron chi connectivity index (χ2n) is 16.3. The molecule has 0 saturated heterocycles. The molecule has 4 aromatic rings. The zero-order valence-corrected chi connectivity index (χ0v) is 44.5. The number of rotatable bonds is 20. The first-order valence-electron chi connectivity index (χ1n) is 21.1. The zero-order chi connectivity index (χ0) is 52.6. The fourth-order valence-corrected chi connectivity index (χ4v) is 6.83. The molecular weight excluding hydrogens is 987 g/mol. The average molecular weight is 1050 g/mol. The van der Waals surface area contributed by atoms with E-state index < -0.39 is 80.9 Å². The van der Waals surface area contributed by atoms with Gasteiger partial charge in [-0.3, -0.25) is 0 Å². The molecule has 2 aromatic carbocycles. The van der Waals surface area contributed by atoms with Crippen LogP contribution in [0.4, 0.5) is 20.7 Å². The average Bonchev–Trinajstić information content (AvgIpc) is 3.23. The largest absolute Gasteiger partial charge is 2.00 e. The van der Waals surface area contributed by atoms with Gasteiger partial charge in [-0.1, -0.05) is 52.0 Å². The summed E-state index contributed by atoms with van der Waals surface area (Å²) in [4.78, 5) is 38.9. The summed E-state index contributed by atoms with van der Waals surface area (Å²) in [6, 6.07) is 10.9. The van der Waals surface area contributed by atoms with Crippen molar-refractivity contribution in [2.45, 2.75) is 89.6 Å². The molecule has 2 aromatic heterocycles. The predicted molar refractivity (Wildman–Crippen MR) is 259 cm³/mol. The van der Waals surface area contributed by atoms with E-state index >= 15 is 0 Å². The molecule has 19 nitrogen and oxygen atoms in total. The minimum atomic E-state index is -3.66. The van der Waals surface area contributed by atoms with Gasteiger partial charge in [0.05, 0.1) is 59.7 Å². The molecule has 0 aliphatic rings. The van der Waals surface area contributed by atoms with Crippen molar-refractivity contribution in [2.24, 2.45) is 0 Å². The first-order valence-corrected chi connectivity index (χ1v) is 24.8. The first kappa shape index (κ1) is 63.5. The summed E-state index contributed by atoms with van der Waals surface area (Å²) in [6.45, 7) is 7.38. The maximum atomic E-state index is 13.5. The van der Waals surface area contributed by atoms with Gasteiger partial charge in [-0.2, -0.15) is 0 Å². The Kier molecular flexibility index (Phi) is 26.4. The Hall–Kier alpha value is -4.56. The number of halogens is 2. The van der Waals surface area contributed by atoms with Crippen LogP contribution in [-0.4, -0.2) is 172 Å². The summed E-state index contributed by atoms with van der Waals surface area (Å²) < 4.78 is 81.4. The molecule has 0 aliphatic carbocycles. The predicted octanol–water partition coefficient (Wildman–Crippen LogP) is 2.02. The van der Waals surface area contributed by atoms with Gasteiger partial charge >= 0.3 is 37.7 Å². The number of benzene rings is 2. The molecule has 0 bridgehead atoms. The molecule has 0 unspecified atom stereocenters. The van der Waals surface area contributed by atoms with Crippen molar-refractivity contribution in [3.63, 3.8) is 0 Å². The molecule has 2 heterocycles. The Labute approximate surface area is 437 Å². The number of carboxylic acids is 2. The van der Waals surface area contributed by atoms with E-state index in [-0.39, 0.29) is 74.3 Å². The molecule has 0 aliphatic heterocycles. The number of anilines is 2. The maximum absolute atomic E-state index is 13.5. The van der Waals surface area contributed by atoms with E-state index in [9.17, 15) is 65.8 Å². The van der Waals surface area contributed by atoms with Crippen molar-refractivity contribution in [1.29, 1.82) is 0 Å². The maximum Gasteiger partial charge on any atom is 2.00 e. The van der Waals surface area contributed by atoms with Crippen molar-refractivity contribution in [2.75, 3.05) is 49.4 Å². The minimum Gasteiger partial charge on any atom is -0.550 e. The number of carbonyl (C=O) groups is 2. The summed E-state index contributed by atoms with van der Waals surface area (Å²) >= 11 is 0. The number of methoxy groups -OCH3 is 1. The molecule has 4 N–H and O–H groups in total. The smallest absolute Gasteiger partial charge is 0.550 e. The fraction of sp³-hybridized carbons (Fsp3) is 0.435. The number of aromatic nitrogens is 4. The van der Waals surface area contributed by atoms with Crippen molar-refractivity contribution < 1.29 is 70.6 Å². The Bertz CT molecular complexity index is 2450. The van der Waals surface area contributed by atoms with Gasteiger partial charge in [-0.15, -0.1) is 0 Å². The van der Waals surface area contributed by atoms with Gasteiger partial charge in [-0.25, -0.2) is 54.2 Å². The molecule has 0 fully saturated rings. The quantitative estimate of drug-likeness (QED) is 0.0921. The number of hydrogen-bond acceptors (Lipinski definition) is 17. The van der Waals surface area contributed by atoms with Gasteiger partial charge < -0.3 is 45.0 Å². The molecule has 380 valence electrons. The van der Waals surface area contributed by atoms with Crippen LogP contribution in [0.15, 0.2) is 60.7 Å². The van der Waals surface area contributed by atoms with E-state index in [1.807, 2.05) is 27.7 Å². The van der Waals surface area contributed by atoms with Crippen LogP contribution in [0.25, 0.3) is 34.7 Å². The second kappa shape index (κ2) is 29.1. The van der Waals surface area contributed by atoms with Crippen molar-refractivity contribution in [1.82, 2.24) is 19.9 Å². The molecule has 4 atom stereocenters. The van der Waals surface area contributed by atoms with Gasteiger partial charge in [0, 0.05) is 88.2 Å². The first-order chi connectivity index (χ1) is 32.0. The number of ether oxygens (including phenoxy) is 1. The van der Waals surface area contributed by atoms with Crippen LogP contribution < -0.4 is 18.8 Å². The van der Waals surface area contributed by atoms with Gasteiger partial charge in [-0.05, 0) is 60.4 Å². The van der Waals surface area contributed by atoms with E-state index in [1.54, 1.807) is 14.2 Å². The Morgan fingerprint density at radius 2 is 0.914 bits per heavy atom. The summed E-state index contributed by atoms with van der Waals surface area (Å²) in [7, 11) is -1.42. The van der Waals surface area contributed by atoms with Crippen LogP contribution in [0.1, 0.15) is 87.7 Å². The third-order valence-electron chi connectivity index (χ3n) is 9.62. The number of aliphatic carboxylic acids is 2. The fourth-order valence-electron chi connectivity index (χ4n) is 6.07. The Morgan fingerprint density at radius 1 is 0.629 bits per heavy atom. The van der Waals surface area contributed by atoms with Gasteiger partial charge in [0.1, 0.15) is 11.6 Å². The van der Waals surface area contributed by atoms with E-state index in [2.05, 4.69) is 24.7 Å². The van der Waals surface area contributed by atoms with E-state index in [1.165, 1.54) is 86.9 Å². The summed E-state index contributed by atoms with van der Waals surface area (Å²) in [5, 5.41) is 61.1. The standard InChI is InChI=1S/2C22H28FN3O6S.C2H6O.Ca/c2*1-13(2)20-18(10-9-16(27)11-17(28)12-19(29)30)21(14-5-7-15(23)8-6-14)25-22(24-20)26(3)33(4,31)32;1-3-2;/h2*5-10,13,16-17,27-28H,11-12H2,1-4H3,(H,29,30);1-2H3;/q;;;+2/p-2/t2*16-,17-;;/m11../s1. The third-order valence-corrected chi connectivity index (χ3v) is 11.9. The SMILES string of the molecule is CC(C)c1nc(N(C)S(C)(=O)=O)nc(-c2ccc(F)cc2)c1C=C[C@@H](O)C[C@@H](O)CC(=O)[O-].CC(C)c1nc(N(C)S(C)(=O)=O)nc(-c2ccc(F)cc2)c1C=C[C@@H](O)C[C@@H](O)CC(=O)[O-].COC.[Ca+2]. The molecule has 4 rings (SSSR count). The molecule has 24 heteroatoms. The van der Waals surface area contributed by atoms with E-state index in [0.29, 0.717) is 45.0 Å². The zero-order valence-electron chi connectivity index (χ0n) is 40.6. The third kappa shape index (κ3) is 20.7. The number of aliphatic hydroxyl groups excluding tert-OH is 4. The minimum absolute atomic E-state index is 0. The number of carboxylic acid groups (broad SMARTS) is 2. The number of carbonyl (C=O) groups excluding carboxylic acids is 2. The molecule has 0 amide bonds. The molecule has 0 radical (unpaired) electrons. The summed E-state index contributed by atoms with van der Waals surface area (Å²) in [6.07, 6.45) is 1.16. The van der Waals surface area contributed by atoms with Crippen LogP contribution in [0.5, 0.6) is 0 Å². The molecule has 0 saturated carbocycles. The molecule has 70 heavy (non-hydrogen) atoms. The van der Waals surface area contributed by atoms with Crippen LogP contribution >= 0.6 is 0 Å². The van der Waals surface area contributed by atoms with Crippen LogP contribution in [-0.2, 0) is 34.4 Å². The number of sulfonamides is 2. The normalized spacial score (nSPS) is 13.4. The monoisotopic (exact) mass is 1050 g/mol. The van der Waals surface area contributed by atoms with E-state index in [0.717, 1.165) is 21.1 Å². The topological polar surface area (TPSA) is 297 Å². The van der Waals surface area contributed by atoms with Gasteiger partial charge in [0.25, 0.3) is 0 Å². The van der Waals surface area contributed by atoms with Gasteiger partial charge in [0.2, 0.25) is 31.9 Å².